The van der Waals surface area contributed by atoms with E-state index in [0.717, 1.165) is 6.26 Å². The summed E-state index contributed by atoms with van der Waals surface area (Å²) in [5.74, 6) is -1.66. The first-order valence-corrected chi connectivity index (χ1v) is 10.3. The monoisotopic (exact) mass is 404 g/mol. The van der Waals surface area contributed by atoms with Gasteiger partial charge in [-0.15, -0.1) is 0 Å². The lowest BCUT2D eigenvalue weighted by atomic mass is 10.1. The van der Waals surface area contributed by atoms with Crippen LogP contribution in [0.3, 0.4) is 0 Å². The van der Waals surface area contributed by atoms with Crippen molar-refractivity contribution < 1.29 is 27.5 Å². The molecule has 0 saturated heterocycles. The summed E-state index contributed by atoms with van der Waals surface area (Å²) in [6.45, 7) is 0.892. The van der Waals surface area contributed by atoms with Gasteiger partial charge in [-0.3, -0.25) is 9.59 Å². The molecule has 0 heterocycles. The zero-order chi connectivity index (χ0) is 20.7. The molecule has 0 radical (unpaired) electrons. The second kappa shape index (κ2) is 9.14. The van der Waals surface area contributed by atoms with E-state index in [1.165, 1.54) is 19.1 Å². The standard InChI is InChI=1S/C19H20N2O6S/c1-13(22)20-16-6-8-17(9-7-16)21-18(23)11-27-19(24)15-5-3-4-14(10-15)12-28(2,25)26/h3-10H,11-12H2,1-2H3,(H,20,22)(H,21,23). The first-order chi connectivity index (χ1) is 13.1. The van der Waals surface area contributed by atoms with Gasteiger partial charge in [0.1, 0.15) is 0 Å². The molecule has 0 aliphatic carbocycles. The normalized spacial score (nSPS) is 10.8. The van der Waals surface area contributed by atoms with Crippen LogP contribution in [-0.4, -0.2) is 39.1 Å². The van der Waals surface area contributed by atoms with Crippen LogP contribution in [0.2, 0.25) is 0 Å². The molecule has 2 aromatic rings. The van der Waals surface area contributed by atoms with E-state index < -0.39 is 28.3 Å². The Bertz CT molecular complexity index is 984. The molecule has 0 fully saturated rings. The number of benzene rings is 2. The molecule has 0 aliphatic heterocycles. The van der Waals surface area contributed by atoms with E-state index in [0.29, 0.717) is 16.9 Å². The highest BCUT2D eigenvalue weighted by Gasteiger charge is 2.12. The zero-order valence-electron chi connectivity index (χ0n) is 15.4. The molecule has 2 amide bonds. The molecule has 8 nitrogen and oxygen atoms in total. The number of sulfone groups is 1. The minimum atomic E-state index is -3.23. The van der Waals surface area contributed by atoms with Gasteiger partial charge < -0.3 is 15.4 Å². The summed E-state index contributed by atoms with van der Waals surface area (Å²) in [7, 11) is -3.23. The lowest BCUT2D eigenvalue weighted by molar-refractivity contribution is -0.119. The van der Waals surface area contributed by atoms with Crippen LogP contribution in [0.15, 0.2) is 48.5 Å². The number of amides is 2. The van der Waals surface area contributed by atoms with Gasteiger partial charge in [-0.25, -0.2) is 13.2 Å². The van der Waals surface area contributed by atoms with E-state index >= 15 is 0 Å². The van der Waals surface area contributed by atoms with Gasteiger partial charge in [0.2, 0.25) is 5.91 Å². The van der Waals surface area contributed by atoms with Crippen molar-refractivity contribution in [1.82, 2.24) is 0 Å². The SMILES string of the molecule is CC(=O)Nc1ccc(NC(=O)COC(=O)c2cccc(CS(C)(=O)=O)c2)cc1. The van der Waals surface area contributed by atoms with Crippen LogP contribution in [-0.2, 0) is 29.9 Å². The number of anilines is 2. The van der Waals surface area contributed by atoms with Gasteiger partial charge in [0.05, 0.1) is 11.3 Å². The van der Waals surface area contributed by atoms with Crippen molar-refractivity contribution in [3.63, 3.8) is 0 Å². The van der Waals surface area contributed by atoms with Crippen molar-refractivity contribution in [3.8, 4) is 0 Å². The van der Waals surface area contributed by atoms with Crippen molar-refractivity contribution in [2.75, 3.05) is 23.5 Å². The average molecular weight is 404 g/mol. The molecule has 28 heavy (non-hydrogen) atoms. The lowest BCUT2D eigenvalue weighted by Crippen LogP contribution is -2.21. The topological polar surface area (TPSA) is 119 Å². The van der Waals surface area contributed by atoms with Crippen LogP contribution in [0, 0.1) is 0 Å². The van der Waals surface area contributed by atoms with Gasteiger partial charge in [-0.2, -0.15) is 0 Å². The van der Waals surface area contributed by atoms with E-state index in [-0.39, 0.29) is 17.2 Å². The zero-order valence-corrected chi connectivity index (χ0v) is 16.2. The van der Waals surface area contributed by atoms with Gasteiger partial charge in [0.25, 0.3) is 5.91 Å². The van der Waals surface area contributed by atoms with Crippen molar-refractivity contribution in [2.45, 2.75) is 12.7 Å². The Morgan fingerprint density at radius 1 is 0.964 bits per heavy atom. The van der Waals surface area contributed by atoms with Gasteiger partial charge in [-0.1, -0.05) is 12.1 Å². The van der Waals surface area contributed by atoms with Crippen LogP contribution in [0.1, 0.15) is 22.8 Å². The molecule has 0 atom stereocenters. The first kappa shape index (κ1) is 21.1. The van der Waals surface area contributed by atoms with Crippen LogP contribution in [0.25, 0.3) is 0 Å². The quantitative estimate of drug-likeness (QED) is 0.681. The highest BCUT2D eigenvalue weighted by molar-refractivity contribution is 7.89. The van der Waals surface area contributed by atoms with Gasteiger partial charge in [0, 0.05) is 24.6 Å². The van der Waals surface area contributed by atoms with Crippen molar-refractivity contribution in [1.29, 1.82) is 0 Å². The number of esters is 1. The summed E-state index contributed by atoms with van der Waals surface area (Å²) < 4.78 is 27.7. The largest absolute Gasteiger partial charge is 0.452 e. The van der Waals surface area contributed by atoms with Crippen molar-refractivity contribution in [2.24, 2.45) is 0 Å². The first-order valence-electron chi connectivity index (χ1n) is 8.24. The maximum absolute atomic E-state index is 12.1. The Hall–Kier alpha value is -3.20. The fourth-order valence-corrected chi connectivity index (χ4v) is 3.13. The van der Waals surface area contributed by atoms with Gasteiger partial charge >= 0.3 is 5.97 Å². The third kappa shape index (κ3) is 7.20. The van der Waals surface area contributed by atoms with Gasteiger partial charge in [-0.05, 0) is 42.0 Å². The average Bonchev–Trinajstić information content (AvgIpc) is 2.59. The number of hydrogen-bond acceptors (Lipinski definition) is 6. The Labute approximate surface area is 162 Å². The summed E-state index contributed by atoms with van der Waals surface area (Å²) in [6.07, 6.45) is 1.10. The number of carbonyl (C=O) groups excluding carboxylic acids is 3. The van der Waals surface area contributed by atoms with Crippen molar-refractivity contribution >= 4 is 39.0 Å². The predicted octanol–water partition coefficient (Wildman–Crippen LogP) is 1.99. The molecule has 0 unspecified atom stereocenters. The number of nitrogens with one attached hydrogen (secondary N) is 2. The van der Waals surface area contributed by atoms with Gasteiger partial charge in [0.15, 0.2) is 16.4 Å². The predicted molar refractivity (Wildman–Crippen MR) is 105 cm³/mol. The Balaban J connectivity index is 1.89. The van der Waals surface area contributed by atoms with Crippen LogP contribution >= 0.6 is 0 Å². The van der Waals surface area contributed by atoms with Crippen LogP contribution in [0.4, 0.5) is 11.4 Å². The molecule has 2 rings (SSSR count). The highest BCUT2D eigenvalue weighted by Crippen LogP contribution is 2.14. The Morgan fingerprint density at radius 3 is 2.14 bits per heavy atom. The molecule has 0 spiro atoms. The molecular formula is C19H20N2O6S. The lowest BCUT2D eigenvalue weighted by Gasteiger charge is -2.08. The maximum atomic E-state index is 12.1. The summed E-state index contributed by atoms with van der Waals surface area (Å²) >= 11 is 0. The summed E-state index contributed by atoms with van der Waals surface area (Å²) in [6, 6.07) is 12.5. The van der Waals surface area contributed by atoms with Crippen LogP contribution in [0.5, 0.6) is 0 Å². The fraction of sp³-hybridized carbons (Fsp3) is 0.211. The molecule has 0 aliphatic rings. The molecule has 148 valence electrons. The summed E-state index contributed by atoms with van der Waals surface area (Å²) in [5, 5.41) is 5.17. The number of ether oxygens (including phenoxy) is 1. The van der Waals surface area contributed by atoms with E-state index in [2.05, 4.69) is 10.6 Å². The van der Waals surface area contributed by atoms with E-state index in [4.69, 9.17) is 4.74 Å². The second-order valence-electron chi connectivity index (χ2n) is 6.15. The van der Waals surface area contributed by atoms with Crippen LogP contribution < -0.4 is 10.6 Å². The molecule has 0 bridgehead atoms. The molecule has 2 aromatic carbocycles. The van der Waals surface area contributed by atoms with E-state index in [1.807, 2.05) is 0 Å². The maximum Gasteiger partial charge on any atom is 0.338 e. The Kier molecular flexibility index (Phi) is 6.89. The minimum Gasteiger partial charge on any atom is -0.452 e. The molecule has 0 aromatic heterocycles. The molecular weight excluding hydrogens is 384 g/mol. The number of hydrogen-bond donors (Lipinski definition) is 2. The number of rotatable bonds is 7. The molecule has 2 N–H and O–H groups in total. The van der Waals surface area contributed by atoms with Crippen molar-refractivity contribution in [3.05, 3.63) is 59.7 Å². The third-order valence-corrected chi connectivity index (χ3v) is 4.27. The smallest absolute Gasteiger partial charge is 0.338 e. The summed E-state index contributed by atoms with van der Waals surface area (Å²) in [4.78, 5) is 35.0. The highest BCUT2D eigenvalue weighted by atomic mass is 32.2. The fourth-order valence-electron chi connectivity index (χ4n) is 2.34. The minimum absolute atomic E-state index is 0.161. The number of carbonyl (C=O) groups is 3. The van der Waals surface area contributed by atoms with E-state index in [1.54, 1.807) is 36.4 Å². The molecule has 0 saturated carbocycles. The Morgan fingerprint density at radius 2 is 1.57 bits per heavy atom. The third-order valence-electron chi connectivity index (χ3n) is 3.41. The second-order valence-corrected chi connectivity index (χ2v) is 8.29. The van der Waals surface area contributed by atoms with E-state index in [9.17, 15) is 22.8 Å². The summed E-state index contributed by atoms with van der Waals surface area (Å²) in [5.41, 5.74) is 1.69. The molecule has 9 heteroatoms.